The second kappa shape index (κ2) is 5.96. The Morgan fingerprint density at radius 1 is 1.44 bits per heavy atom. The molecule has 2 N–H and O–H groups in total. The van der Waals surface area contributed by atoms with Crippen molar-refractivity contribution in [3.63, 3.8) is 0 Å². The summed E-state index contributed by atoms with van der Waals surface area (Å²) in [6, 6.07) is 3.97. The van der Waals surface area contributed by atoms with Gasteiger partial charge in [0, 0.05) is 19.2 Å². The molecule has 0 saturated carbocycles. The topological polar surface area (TPSA) is 56.7 Å². The summed E-state index contributed by atoms with van der Waals surface area (Å²) in [5, 5.41) is 0. The van der Waals surface area contributed by atoms with E-state index in [2.05, 4.69) is 23.4 Å². The van der Waals surface area contributed by atoms with Crippen LogP contribution in [0.3, 0.4) is 0 Å². The first-order chi connectivity index (χ1) is 8.76. The lowest BCUT2D eigenvalue weighted by molar-refractivity contribution is 0.522. The van der Waals surface area contributed by atoms with Gasteiger partial charge >= 0.3 is 0 Å². The molecule has 4 nitrogen and oxygen atoms in total. The minimum absolute atomic E-state index is 0.549. The summed E-state index contributed by atoms with van der Waals surface area (Å²) in [7, 11) is 0. The monoisotopic (exact) mass is 246 g/mol. The smallest absolute Gasteiger partial charge is 0.159 e. The van der Waals surface area contributed by atoms with E-state index < -0.39 is 0 Å². The van der Waals surface area contributed by atoms with Crippen LogP contribution in [-0.4, -0.2) is 21.1 Å². The molecule has 0 radical (unpaired) electrons. The van der Waals surface area contributed by atoms with Crippen LogP contribution in [0.15, 0.2) is 18.3 Å². The summed E-state index contributed by atoms with van der Waals surface area (Å²) in [6.07, 6.45) is 5.00. The molecular weight excluding hydrogens is 224 g/mol. The highest BCUT2D eigenvalue weighted by Gasteiger charge is 2.11. The maximum atomic E-state index is 5.67. The molecule has 0 fully saturated rings. The van der Waals surface area contributed by atoms with Gasteiger partial charge in [0.2, 0.25) is 0 Å². The zero-order valence-electron chi connectivity index (χ0n) is 11.3. The fourth-order valence-corrected chi connectivity index (χ4v) is 2.15. The van der Waals surface area contributed by atoms with Crippen molar-refractivity contribution in [1.82, 2.24) is 14.5 Å². The Bertz CT molecular complexity index is 503. The lowest BCUT2D eigenvalue weighted by Gasteiger charge is -2.09. The Morgan fingerprint density at radius 3 is 3.00 bits per heavy atom. The molecule has 0 bridgehead atoms. The summed E-state index contributed by atoms with van der Waals surface area (Å²) in [4.78, 5) is 9.14. The van der Waals surface area contributed by atoms with Crippen molar-refractivity contribution in [3.8, 4) is 0 Å². The van der Waals surface area contributed by atoms with Crippen LogP contribution >= 0.6 is 0 Å². The van der Waals surface area contributed by atoms with Gasteiger partial charge < -0.3 is 10.3 Å². The Morgan fingerprint density at radius 2 is 2.28 bits per heavy atom. The largest absolute Gasteiger partial charge is 0.330 e. The Balaban J connectivity index is 2.27. The van der Waals surface area contributed by atoms with Crippen LogP contribution in [0.5, 0.6) is 0 Å². The van der Waals surface area contributed by atoms with E-state index in [0.29, 0.717) is 5.92 Å². The second-order valence-corrected chi connectivity index (χ2v) is 4.91. The molecule has 2 rings (SSSR count). The molecule has 0 aliphatic rings. The van der Waals surface area contributed by atoms with Crippen molar-refractivity contribution in [2.75, 3.05) is 6.54 Å². The number of aryl methyl sites for hydroxylation is 2. The van der Waals surface area contributed by atoms with Crippen molar-refractivity contribution in [1.29, 1.82) is 0 Å². The first-order valence-corrected chi connectivity index (χ1v) is 6.76. The SMILES string of the molecule is CCCn1c(CCC(C)CN)nc2cccnc21. The minimum Gasteiger partial charge on any atom is -0.330 e. The fourth-order valence-electron chi connectivity index (χ4n) is 2.15. The molecular formula is C14H22N4. The maximum Gasteiger partial charge on any atom is 0.159 e. The first-order valence-electron chi connectivity index (χ1n) is 6.76. The number of aromatic nitrogens is 3. The van der Waals surface area contributed by atoms with Crippen LogP contribution in [0.4, 0.5) is 0 Å². The van der Waals surface area contributed by atoms with Crippen LogP contribution in [-0.2, 0) is 13.0 Å². The molecule has 2 aromatic rings. The van der Waals surface area contributed by atoms with E-state index in [9.17, 15) is 0 Å². The second-order valence-electron chi connectivity index (χ2n) is 4.91. The van der Waals surface area contributed by atoms with Gasteiger partial charge in [-0.1, -0.05) is 13.8 Å². The van der Waals surface area contributed by atoms with Crippen LogP contribution < -0.4 is 5.73 Å². The number of hydrogen-bond acceptors (Lipinski definition) is 3. The van der Waals surface area contributed by atoms with Crippen molar-refractivity contribution in [2.45, 2.75) is 39.7 Å². The van der Waals surface area contributed by atoms with Gasteiger partial charge in [-0.2, -0.15) is 0 Å². The number of fused-ring (bicyclic) bond motifs is 1. The van der Waals surface area contributed by atoms with Crippen molar-refractivity contribution in [2.24, 2.45) is 11.7 Å². The van der Waals surface area contributed by atoms with Crippen molar-refractivity contribution >= 4 is 11.2 Å². The normalized spacial score (nSPS) is 13.1. The van der Waals surface area contributed by atoms with Crippen LogP contribution in [0, 0.1) is 5.92 Å². The van der Waals surface area contributed by atoms with Crippen LogP contribution in [0.25, 0.3) is 11.2 Å². The first kappa shape index (κ1) is 13.0. The number of nitrogens with two attached hydrogens (primary N) is 1. The maximum absolute atomic E-state index is 5.67. The van der Waals surface area contributed by atoms with E-state index in [0.717, 1.165) is 49.3 Å². The van der Waals surface area contributed by atoms with Gasteiger partial charge in [-0.05, 0) is 37.4 Å². The summed E-state index contributed by atoms with van der Waals surface area (Å²) < 4.78 is 2.25. The van der Waals surface area contributed by atoms with E-state index in [-0.39, 0.29) is 0 Å². The number of hydrogen-bond donors (Lipinski definition) is 1. The highest BCUT2D eigenvalue weighted by atomic mass is 15.1. The summed E-state index contributed by atoms with van der Waals surface area (Å²) in [6.45, 7) is 6.10. The van der Waals surface area contributed by atoms with Crippen LogP contribution in [0.1, 0.15) is 32.5 Å². The average Bonchev–Trinajstić information content (AvgIpc) is 2.75. The zero-order chi connectivity index (χ0) is 13.0. The van der Waals surface area contributed by atoms with Gasteiger partial charge in [-0.3, -0.25) is 0 Å². The molecule has 0 aromatic carbocycles. The molecule has 0 aliphatic heterocycles. The predicted octanol–water partition coefficient (Wildman–Crippen LogP) is 2.37. The predicted molar refractivity (Wildman–Crippen MR) is 74.4 cm³/mol. The lowest BCUT2D eigenvalue weighted by atomic mass is 10.1. The van der Waals surface area contributed by atoms with E-state index in [1.165, 1.54) is 0 Å². The van der Waals surface area contributed by atoms with Gasteiger partial charge in [0.05, 0.1) is 0 Å². The molecule has 0 spiro atoms. The van der Waals surface area contributed by atoms with E-state index >= 15 is 0 Å². The van der Waals surface area contributed by atoms with Gasteiger partial charge in [0.25, 0.3) is 0 Å². The van der Waals surface area contributed by atoms with Crippen molar-refractivity contribution < 1.29 is 0 Å². The lowest BCUT2D eigenvalue weighted by Crippen LogP contribution is -2.13. The molecule has 4 heteroatoms. The molecule has 2 heterocycles. The third-order valence-electron chi connectivity index (χ3n) is 3.29. The average molecular weight is 246 g/mol. The summed E-state index contributed by atoms with van der Waals surface area (Å²) in [5.41, 5.74) is 7.68. The number of nitrogens with zero attached hydrogens (tertiary/aromatic N) is 3. The molecule has 98 valence electrons. The summed E-state index contributed by atoms with van der Waals surface area (Å²) >= 11 is 0. The zero-order valence-corrected chi connectivity index (χ0v) is 11.3. The Hall–Kier alpha value is -1.42. The molecule has 0 amide bonds. The number of imidazole rings is 1. The third-order valence-corrected chi connectivity index (χ3v) is 3.29. The number of pyridine rings is 1. The van der Waals surface area contributed by atoms with E-state index in [1.54, 1.807) is 0 Å². The fraction of sp³-hybridized carbons (Fsp3) is 0.571. The minimum atomic E-state index is 0.549. The molecule has 0 saturated heterocycles. The third kappa shape index (κ3) is 2.70. The Labute approximate surface area is 108 Å². The van der Waals surface area contributed by atoms with Gasteiger partial charge in [0.1, 0.15) is 11.3 Å². The Kier molecular flexibility index (Phi) is 4.31. The molecule has 2 aromatic heterocycles. The number of rotatable bonds is 6. The molecule has 1 atom stereocenters. The van der Waals surface area contributed by atoms with E-state index in [1.807, 2.05) is 18.3 Å². The standard InChI is InChI=1S/C14H22N4/c1-3-9-18-13(7-6-11(2)10-15)17-12-5-4-8-16-14(12)18/h4-5,8,11H,3,6-7,9-10,15H2,1-2H3. The quantitative estimate of drug-likeness (QED) is 0.851. The van der Waals surface area contributed by atoms with E-state index in [4.69, 9.17) is 10.7 Å². The van der Waals surface area contributed by atoms with Crippen LogP contribution in [0.2, 0.25) is 0 Å². The highest BCUT2D eigenvalue weighted by molar-refractivity contribution is 5.71. The van der Waals surface area contributed by atoms with Gasteiger partial charge in [-0.15, -0.1) is 0 Å². The molecule has 0 aliphatic carbocycles. The summed E-state index contributed by atoms with van der Waals surface area (Å²) in [5.74, 6) is 1.69. The van der Waals surface area contributed by atoms with Gasteiger partial charge in [-0.25, -0.2) is 9.97 Å². The molecule has 18 heavy (non-hydrogen) atoms. The molecule has 1 unspecified atom stereocenters. The van der Waals surface area contributed by atoms with Gasteiger partial charge in [0.15, 0.2) is 5.65 Å². The highest BCUT2D eigenvalue weighted by Crippen LogP contribution is 2.16. The van der Waals surface area contributed by atoms with Crippen molar-refractivity contribution in [3.05, 3.63) is 24.2 Å².